The first-order chi connectivity index (χ1) is 8.70. The second-order valence-corrected chi connectivity index (χ2v) is 4.39. The Bertz CT molecular complexity index is 551. The highest BCUT2D eigenvalue weighted by Crippen LogP contribution is 2.19. The Morgan fingerprint density at radius 1 is 1.39 bits per heavy atom. The normalized spacial score (nSPS) is 10.3. The van der Waals surface area contributed by atoms with E-state index in [4.69, 9.17) is 0 Å². The Hall–Kier alpha value is -1.75. The number of nitrogens with zero attached hydrogens (tertiary/aromatic N) is 2. The van der Waals surface area contributed by atoms with E-state index < -0.39 is 0 Å². The maximum atomic E-state index is 11.6. The van der Waals surface area contributed by atoms with Crippen molar-refractivity contribution in [3.05, 3.63) is 42.2 Å². The molecule has 18 heavy (non-hydrogen) atoms. The van der Waals surface area contributed by atoms with Crippen molar-refractivity contribution in [1.82, 2.24) is 9.78 Å². The highest BCUT2D eigenvalue weighted by Gasteiger charge is 2.07. The number of carbonyl (C=O) groups excluding carboxylic acids is 1. The lowest BCUT2D eigenvalue weighted by atomic mass is 10.2. The molecule has 2 aromatic rings. The zero-order valence-electron chi connectivity index (χ0n) is 10.1. The number of thiol groups is 1. The van der Waals surface area contributed by atoms with Crippen molar-refractivity contribution < 1.29 is 4.79 Å². The molecule has 0 spiro atoms. The molecule has 0 fully saturated rings. The van der Waals surface area contributed by atoms with E-state index in [9.17, 15) is 4.79 Å². The Labute approximate surface area is 111 Å². The molecular formula is C13H15N3OS. The third-order valence-electron chi connectivity index (χ3n) is 2.49. The van der Waals surface area contributed by atoms with Crippen molar-refractivity contribution in [2.24, 2.45) is 0 Å². The minimum absolute atomic E-state index is 0.0404. The van der Waals surface area contributed by atoms with Crippen LogP contribution in [0.15, 0.2) is 36.5 Å². The van der Waals surface area contributed by atoms with Gasteiger partial charge in [-0.2, -0.15) is 17.7 Å². The lowest BCUT2D eigenvalue weighted by Crippen LogP contribution is -2.13. The van der Waals surface area contributed by atoms with Gasteiger partial charge >= 0.3 is 0 Å². The summed E-state index contributed by atoms with van der Waals surface area (Å²) in [5.41, 5.74) is 2.55. The summed E-state index contributed by atoms with van der Waals surface area (Å²) >= 11 is 4.05. The van der Waals surface area contributed by atoms with Gasteiger partial charge in [-0.15, -0.1) is 0 Å². The van der Waals surface area contributed by atoms with Crippen LogP contribution in [0.1, 0.15) is 12.1 Å². The number of amides is 1. The van der Waals surface area contributed by atoms with Gasteiger partial charge in [0.05, 0.1) is 17.1 Å². The van der Waals surface area contributed by atoms with Gasteiger partial charge in [-0.05, 0) is 30.9 Å². The Morgan fingerprint density at radius 3 is 2.83 bits per heavy atom. The van der Waals surface area contributed by atoms with E-state index in [1.165, 1.54) is 0 Å². The monoisotopic (exact) mass is 261 g/mol. The fourth-order valence-corrected chi connectivity index (χ4v) is 1.85. The average Bonchev–Trinajstić information content (AvgIpc) is 2.77. The van der Waals surface area contributed by atoms with E-state index in [-0.39, 0.29) is 5.91 Å². The predicted molar refractivity (Wildman–Crippen MR) is 75.4 cm³/mol. The maximum Gasteiger partial charge on any atom is 0.225 e. The van der Waals surface area contributed by atoms with Gasteiger partial charge in [-0.1, -0.05) is 12.1 Å². The van der Waals surface area contributed by atoms with Crippen LogP contribution in [0.5, 0.6) is 0 Å². The van der Waals surface area contributed by atoms with E-state index >= 15 is 0 Å². The topological polar surface area (TPSA) is 46.9 Å². The molecule has 0 atom stereocenters. The number of nitrogens with one attached hydrogen (secondary N) is 1. The summed E-state index contributed by atoms with van der Waals surface area (Å²) in [5.74, 6) is 0.496. The molecule has 0 bridgehead atoms. The molecule has 1 aromatic heterocycles. The van der Waals surface area contributed by atoms with E-state index in [2.05, 4.69) is 23.0 Å². The van der Waals surface area contributed by atoms with Crippen LogP contribution < -0.4 is 5.32 Å². The Kier molecular flexibility index (Phi) is 4.04. The third kappa shape index (κ3) is 2.92. The summed E-state index contributed by atoms with van der Waals surface area (Å²) in [6.07, 6.45) is 2.27. The first-order valence-corrected chi connectivity index (χ1v) is 6.36. The third-order valence-corrected chi connectivity index (χ3v) is 2.71. The first-order valence-electron chi connectivity index (χ1n) is 5.73. The number of hydrogen-bond donors (Lipinski definition) is 2. The fourth-order valence-electron chi connectivity index (χ4n) is 1.64. The van der Waals surface area contributed by atoms with Gasteiger partial charge in [0.25, 0.3) is 0 Å². The van der Waals surface area contributed by atoms with Crippen molar-refractivity contribution in [1.29, 1.82) is 0 Å². The summed E-state index contributed by atoms with van der Waals surface area (Å²) in [7, 11) is 0. The van der Waals surface area contributed by atoms with Gasteiger partial charge in [0, 0.05) is 12.6 Å². The van der Waals surface area contributed by atoms with Gasteiger partial charge in [0.2, 0.25) is 5.91 Å². The van der Waals surface area contributed by atoms with E-state index in [1.807, 2.05) is 43.5 Å². The van der Waals surface area contributed by atoms with Crippen LogP contribution in [-0.4, -0.2) is 21.4 Å². The summed E-state index contributed by atoms with van der Waals surface area (Å²) in [4.78, 5) is 11.6. The van der Waals surface area contributed by atoms with E-state index in [0.29, 0.717) is 12.2 Å². The van der Waals surface area contributed by atoms with E-state index in [0.717, 1.165) is 17.1 Å². The van der Waals surface area contributed by atoms with Crippen LogP contribution in [0, 0.1) is 6.92 Å². The number of carbonyl (C=O) groups is 1. The molecule has 4 nitrogen and oxygen atoms in total. The van der Waals surface area contributed by atoms with E-state index in [1.54, 1.807) is 4.68 Å². The summed E-state index contributed by atoms with van der Waals surface area (Å²) in [6, 6.07) is 9.51. The minimum Gasteiger partial charge on any atom is -0.324 e. The molecule has 1 N–H and O–H groups in total. The molecular weight excluding hydrogens is 246 g/mol. The van der Waals surface area contributed by atoms with Crippen molar-refractivity contribution in [3.63, 3.8) is 0 Å². The minimum atomic E-state index is -0.0404. The van der Waals surface area contributed by atoms with Crippen molar-refractivity contribution in [2.75, 3.05) is 11.1 Å². The molecule has 0 saturated carbocycles. The Morgan fingerprint density at radius 2 is 2.17 bits per heavy atom. The number of para-hydroxylation sites is 2. The number of aryl methyl sites for hydroxylation is 1. The predicted octanol–water partition coefficient (Wildman–Crippen LogP) is 2.44. The molecule has 1 heterocycles. The zero-order chi connectivity index (χ0) is 13.0. The summed E-state index contributed by atoms with van der Waals surface area (Å²) < 4.78 is 1.76. The molecule has 0 unspecified atom stereocenters. The highest BCUT2D eigenvalue weighted by molar-refractivity contribution is 7.80. The summed E-state index contributed by atoms with van der Waals surface area (Å²) in [5, 5.41) is 7.22. The zero-order valence-corrected chi connectivity index (χ0v) is 11.0. The van der Waals surface area contributed by atoms with Gasteiger partial charge in [-0.25, -0.2) is 4.68 Å². The molecule has 0 aliphatic heterocycles. The van der Waals surface area contributed by atoms with Crippen LogP contribution >= 0.6 is 12.6 Å². The van der Waals surface area contributed by atoms with Crippen LogP contribution in [0.3, 0.4) is 0 Å². The SMILES string of the molecule is Cc1ccn(-c2ccccc2NC(=O)CCS)n1. The van der Waals surface area contributed by atoms with Crippen LogP contribution in [0.4, 0.5) is 5.69 Å². The number of benzene rings is 1. The lowest BCUT2D eigenvalue weighted by molar-refractivity contribution is -0.115. The fraction of sp³-hybridized carbons (Fsp3) is 0.231. The van der Waals surface area contributed by atoms with Crippen LogP contribution in [0.25, 0.3) is 5.69 Å². The second kappa shape index (κ2) is 5.73. The largest absolute Gasteiger partial charge is 0.324 e. The molecule has 2 rings (SSSR count). The number of aromatic nitrogens is 2. The van der Waals surface area contributed by atoms with Crippen LogP contribution in [-0.2, 0) is 4.79 Å². The number of rotatable bonds is 4. The smallest absolute Gasteiger partial charge is 0.225 e. The average molecular weight is 261 g/mol. The van der Waals surface area contributed by atoms with Crippen molar-refractivity contribution in [3.8, 4) is 5.69 Å². The molecule has 0 saturated heterocycles. The quantitative estimate of drug-likeness (QED) is 0.830. The molecule has 0 aliphatic carbocycles. The highest BCUT2D eigenvalue weighted by atomic mass is 32.1. The second-order valence-electron chi connectivity index (χ2n) is 3.94. The van der Waals surface area contributed by atoms with Gasteiger partial charge in [0.15, 0.2) is 0 Å². The standard InChI is InChI=1S/C13H15N3OS/c1-10-6-8-16(15-10)12-5-3-2-4-11(12)14-13(17)7-9-18/h2-6,8,18H,7,9H2,1H3,(H,14,17). The van der Waals surface area contributed by atoms with Gasteiger partial charge in [-0.3, -0.25) is 4.79 Å². The molecule has 1 aromatic carbocycles. The van der Waals surface area contributed by atoms with Gasteiger partial charge < -0.3 is 5.32 Å². The molecule has 0 aliphatic rings. The summed E-state index contributed by atoms with van der Waals surface area (Å²) in [6.45, 7) is 1.93. The molecule has 94 valence electrons. The van der Waals surface area contributed by atoms with Gasteiger partial charge in [0.1, 0.15) is 0 Å². The molecule has 1 amide bonds. The first kappa shape index (κ1) is 12.7. The molecule has 5 heteroatoms. The maximum absolute atomic E-state index is 11.6. The number of hydrogen-bond acceptors (Lipinski definition) is 3. The Balaban J connectivity index is 2.28. The lowest BCUT2D eigenvalue weighted by Gasteiger charge is -2.10. The van der Waals surface area contributed by atoms with Crippen molar-refractivity contribution >= 4 is 24.2 Å². The van der Waals surface area contributed by atoms with Crippen molar-refractivity contribution in [2.45, 2.75) is 13.3 Å². The van der Waals surface area contributed by atoms with Crippen LogP contribution in [0.2, 0.25) is 0 Å². The number of anilines is 1. The molecule has 0 radical (unpaired) electrons.